The molecular formula is C27H27F6N9O. The maximum Gasteiger partial charge on any atom is 0.405 e. The van der Waals surface area contributed by atoms with E-state index in [4.69, 9.17) is 0 Å². The SMILES string of the molecule is CN(CC(F)(F)F)c1cc(-c2ccc3nc(Nc4cc(CN5CCN(C(=O)CC(F)(F)F)CC5)ccn4)[nH]c3c2)ncn1. The first kappa shape index (κ1) is 30.0. The van der Waals surface area contributed by atoms with Crippen molar-refractivity contribution in [1.82, 2.24) is 34.7 Å². The number of aromatic nitrogens is 5. The number of alkyl halides is 6. The van der Waals surface area contributed by atoms with Gasteiger partial charge in [-0.25, -0.2) is 19.9 Å². The maximum absolute atomic E-state index is 12.8. The van der Waals surface area contributed by atoms with Crippen LogP contribution in [0.2, 0.25) is 0 Å². The van der Waals surface area contributed by atoms with Crippen LogP contribution < -0.4 is 10.2 Å². The summed E-state index contributed by atoms with van der Waals surface area (Å²) in [5, 5.41) is 3.13. The number of pyridine rings is 1. The average molecular weight is 608 g/mol. The number of carbonyl (C=O) groups excluding carboxylic acids is 1. The predicted molar refractivity (Wildman–Crippen MR) is 146 cm³/mol. The molecule has 4 heterocycles. The molecule has 4 aromatic rings. The standard InChI is InChI=1S/C27H27F6N9O/c1-40(15-27(31,32)33)23-12-20(35-16-36-23)18-2-3-19-21(11-18)38-25(37-19)39-22-10-17(4-5-34-22)14-41-6-8-42(9-7-41)24(43)13-26(28,29)30/h2-5,10-12,16H,6-9,13-15H2,1H3,(H2,34,37,38,39). The minimum Gasteiger partial charge on any atom is -0.350 e. The average Bonchev–Trinajstić information content (AvgIpc) is 3.33. The van der Waals surface area contributed by atoms with Gasteiger partial charge in [0.05, 0.1) is 16.7 Å². The van der Waals surface area contributed by atoms with Gasteiger partial charge in [0.15, 0.2) is 0 Å². The largest absolute Gasteiger partial charge is 0.405 e. The van der Waals surface area contributed by atoms with Crippen molar-refractivity contribution < 1.29 is 31.1 Å². The number of H-pyrrole nitrogens is 1. The van der Waals surface area contributed by atoms with Crippen molar-refractivity contribution in [3.05, 3.63) is 54.5 Å². The number of halogens is 6. The smallest absolute Gasteiger partial charge is 0.350 e. The summed E-state index contributed by atoms with van der Waals surface area (Å²) in [5.41, 5.74) is 3.33. The minimum atomic E-state index is -4.52. The molecule has 0 bridgehead atoms. The number of imidazole rings is 1. The molecule has 2 N–H and O–H groups in total. The van der Waals surface area contributed by atoms with Crippen molar-refractivity contribution in [3.8, 4) is 11.3 Å². The lowest BCUT2D eigenvalue weighted by atomic mass is 10.1. The van der Waals surface area contributed by atoms with E-state index in [1.54, 1.807) is 24.4 Å². The van der Waals surface area contributed by atoms with Gasteiger partial charge in [0, 0.05) is 57.6 Å². The van der Waals surface area contributed by atoms with E-state index < -0.39 is 31.2 Å². The quantitative estimate of drug-likeness (QED) is 0.277. The summed E-state index contributed by atoms with van der Waals surface area (Å²) in [5.74, 6) is 0.166. The summed E-state index contributed by atoms with van der Waals surface area (Å²) < 4.78 is 76.0. The molecule has 0 atom stereocenters. The lowest BCUT2D eigenvalue weighted by Gasteiger charge is -2.35. The van der Waals surface area contributed by atoms with Gasteiger partial charge in [-0.15, -0.1) is 0 Å². The zero-order chi connectivity index (χ0) is 30.8. The molecular weight excluding hydrogens is 580 g/mol. The Morgan fingerprint density at radius 2 is 1.74 bits per heavy atom. The number of hydrogen-bond donors (Lipinski definition) is 2. The van der Waals surface area contributed by atoms with Crippen LogP contribution in [0.15, 0.2) is 48.9 Å². The zero-order valence-corrected chi connectivity index (χ0v) is 22.9. The van der Waals surface area contributed by atoms with Crippen LogP contribution in [-0.4, -0.2) is 92.8 Å². The van der Waals surface area contributed by atoms with Gasteiger partial charge in [0.1, 0.15) is 30.9 Å². The van der Waals surface area contributed by atoms with Gasteiger partial charge in [0.25, 0.3) is 0 Å². The molecule has 0 saturated carbocycles. The summed E-state index contributed by atoms with van der Waals surface area (Å²) in [4.78, 5) is 36.3. The van der Waals surface area contributed by atoms with E-state index in [-0.39, 0.29) is 18.9 Å². The first-order valence-electron chi connectivity index (χ1n) is 13.2. The van der Waals surface area contributed by atoms with Gasteiger partial charge in [-0.2, -0.15) is 26.3 Å². The molecule has 0 aliphatic carbocycles. The maximum atomic E-state index is 12.8. The number of anilines is 3. The highest BCUT2D eigenvalue weighted by atomic mass is 19.4. The number of nitrogens with zero attached hydrogens (tertiary/aromatic N) is 7. The second-order valence-corrected chi connectivity index (χ2v) is 10.2. The molecule has 16 heteroatoms. The fourth-order valence-corrected chi connectivity index (χ4v) is 4.75. The molecule has 0 unspecified atom stereocenters. The molecule has 5 rings (SSSR count). The van der Waals surface area contributed by atoms with E-state index in [0.717, 1.165) is 10.5 Å². The molecule has 1 aliphatic heterocycles. The first-order chi connectivity index (χ1) is 20.3. The van der Waals surface area contributed by atoms with Crippen LogP contribution in [0.25, 0.3) is 22.3 Å². The van der Waals surface area contributed by atoms with E-state index in [0.29, 0.717) is 53.7 Å². The Labute approximate surface area is 241 Å². The van der Waals surface area contributed by atoms with E-state index in [2.05, 4.69) is 35.1 Å². The number of carbonyl (C=O) groups is 1. The normalized spacial score (nSPS) is 14.7. The molecule has 1 aliphatic rings. The fraction of sp³-hybridized carbons (Fsp3) is 0.370. The third kappa shape index (κ3) is 8.09. The van der Waals surface area contributed by atoms with Gasteiger partial charge in [-0.1, -0.05) is 6.07 Å². The van der Waals surface area contributed by atoms with Gasteiger partial charge < -0.3 is 20.1 Å². The van der Waals surface area contributed by atoms with Gasteiger partial charge in [0.2, 0.25) is 11.9 Å². The van der Waals surface area contributed by atoms with Crippen LogP contribution in [0.4, 0.5) is 43.9 Å². The van der Waals surface area contributed by atoms with Crippen LogP contribution in [0.3, 0.4) is 0 Å². The Morgan fingerprint density at radius 1 is 0.977 bits per heavy atom. The van der Waals surface area contributed by atoms with Gasteiger partial charge >= 0.3 is 12.4 Å². The number of aromatic amines is 1. The number of piperazine rings is 1. The van der Waals surface area contributed by atoms with E-state index in [1.165, 1.54) is 24.3 Å². The fourth-order valence-electron chi connectivity index (χ4n) is 4.75. The topological polar surface area (TPSA) is 106 Å². The van der Waals surface area contributed by atoms with E-state index in [1.807, 2.05) is 12.1 Å². The minimum absolute atomic E-state index is 0.136. The summed E-state index contributed by atoms with van der Waals surface area (Å²) in [6.45, 7) is 0.747. The molecule has 228 valence electrons. The lowest BCUT2D eigenvalue weighted by Crippen LogP contribution is -2.49. The van der Waals surface area contributed by atoms with Crippen LogP contribution >= 0.6 is 0 Å². The predicted octanol–water partition coefficient (Wildman–Crippen LogP) is 4.75. The summed E-state index contributed by atoms with van der Waals surface area (Å²) in [6, 6.07) is 10.5. The zero-order valence-electron chi connectivity index (χ0n) is 22.9. The Kier molecular flexibility index (Phi) is 8.39. The van der Waals surface area contributed by atoms with Crippen molar-refractivity contribution in [2.24, 2.45) is 0 Å². The van der Waals surface area contributed by atoms with Crippen molar-refractivity contribution in [3.63, 3.8) is 0 Å². The first-order valence-corrected chi connectivity index (χ1v) is 13.2. The number of nitrogens with one attached hydrogen (secondary N) is 2. The monoisotopic (exact) mass is 607 g/mol. The molecule has 0 radical (unpaired) electrons. The highest BCUT2D eigenvalue weighted by Gasteiger charge is 2.34. The van der Waals surface area contributed by atoms with Gasteiger partial charge in [-0.3, -0.25) is 9.69 Å². The van der Waals surface area contributed by atoms with Crippen LogP contribution in [0.1, 0.15) is 12.0 Å². The van der Waals surface area contributed by atoms with Gasteiger partial charge in [-0.05, 0) is 29.8 Å². The van der Waals surface area contributed by atoms with E-state index >= 15 is 0 Å². The Morgan fingerprint density at radius 3 is 2.47 bits per heavy atom. The molecule has 1 saturated heterocycles. The van der Waals surface area contributed by atoms with E-state index in [9.17, 15) is 31.1 Å². The van der Waals surface area contributed by atoms with Crippen LogP contribution in [-0.2, 0) is 11.3 Å². The third-order valence-electron chi connectivity index (χ3n) is 6.79. The highest BCUT2D eigenvalue weighted by molar-refractivity contribution is 5.83. The number of amides is 1. The number of rotatable bonds is 8. The van der Waals surface area contributed by atoms with Crippen molar-refractivity contribution in [2.75, 3.05) is 50.0 Å². The summed E-state index contributed by atoms with van der Waals surface area (Å²) in [7, 11) is 1.31. The highest BCUT2D eigenvalue weighted by Crippen LogP contribution is 2.27. The molecule has 0 spiro atoms. The van der Waals surface area contributed by atoms with Crippen molar-refractivity contribution in [1.29, 1.82) is 0 Å². The molecule has 10 nitrogen and oxygen atoms in total. The van der Waals surface area contributed by atoms with Crippen molar-refractivity contribution >= 4 is 34.5 Å². The lowest BCUT2D eigenvalue weighted by molar-refractivity contribution is -0.162. The number of hydrogen-bond acceptors (Lipinski definition) is 8. The molecule has 3 aromatic heterocycles. The third-order valence-corrected chi connectivity index (χ3v) is 6.79. The number of benzene rings is 1. The Bertz CT molecular complexity index is 1580. The molecule has 43 heavy (non-hydrogen) atoms. The summed E-state index contributed by atoms with van der Waals surface area (Å²) in [6.07, 6.45) is -7.49. The van der Waals surface area contributed by atoms with Crippen LogP contribution in [0.5, 0.6) is 0 Å². The summed E-state index contributed by atoms with van der Waals surface area (Å²) >= 11 is 0. The molecule has 1 aromatic carbocycles. The van der Waals surface area contributed by atoms with Crippen molar-refractivity contribution in [2.45, 2.75) is 25.3 Å². The Balaban J connectivity index is 1.22. The second kappa shape index (κ2) is 12.0. The number of fused-ring (bicyclic) bond motifs is 1. The van der Waals surface area contributed by atoms with Crippen LogP contribution in [0, 0.1) is 0 Å². The second-order valence-electron chi connectivity index (χ2n) is 10.2. The Hall–Kier alpha value is -4.47. The molecule has 1 amide bonds. The molecule has 1 fully saturated rings.